The monoisotopic (exact) mass is 466 g/mol. The molecule has 26 heavy (non-hydrogen) atoms. The lowest BCUT2D eigenvalue weighted by atomic mass is 10.2. The Balaban J connectivity index is 1.51. The van der Waals surface area contributed by atoms with Gasteiger partial charge in [0, 0.05) is 9.26 Å². The molecule has 2 aromatic rings. The molecule has 0 spiro atoms. The van der Waals surface area contributed by atoms with Crippen LogP contribution in [0.15, 0.2) is 48.5 Å². The van der Waals surface area contributed by atoms with Gasteiger partial charge < -0.3 is 19.9 Å². The number of anilines is 2. The summed E-state index contributed by atoms with van der Waals surface area (Å²) in [6, 6.07) is 16.1. The number of quaternary nitrogens is 1. The normalized spacial score (nSPS) is 14.9. The van der Waals surface area contributed by atoms with Crippen molar-refractivity contribution in [3.63, 3.8) is 0 Å². The number of para-hydroxylation sites is 2. The van der Waals surface area contributed by atoms with Crippen molar-refractivity contribution in [1.82, 2.24) is 0 Å². The molecule has 1 heterocycles. The van der Waals surface area contributed by atoms with Gasteiger partial charge in [-0.1, -0.05) is 12.1 Å². The first-order chi connectivity index (χ1) is 12.7. The molecule has 5 nitrogen and oxygen atoms in total. The molecule has 1 aliphatic rings. The number of nitrogens with one attached hydrogen (secondary N) is 2. The fourth-order valence-corrected chi connectivity index (χ4v) is 3.56. The third kappa shape index (κ3) is 5.11. The molecule has 3 rings (SSSR count). The van der Waals surface area contributed by atoms with Gasteiger partial charge >= 0.3 is 0 Å². The molecule has 2 aromatic carbocycles. The average molecular weight is 466 g/mol. The predicted molar refractivity (Wildman–Crippen MR) is 113 cm³/mol. The topological polar surface area (TPSA) is 46.0 Å². The molecule has 0 atom stereocenters. The van der Waals surface area contributed by atoms with Gasteiger partial charge in [-0.3, -0.25) is 4.79 Å². The van der Waals surface area contributed by atoms with E-state index in [0.717, 1.165) is 46.9 Å². The minimum absolute atomic E-state index is 0.0735. The number of carbonyl (C=O) groups excluding carboxylic acids is 1. The Kier molecular flexibility index (Phi) is 6.73. The van der Waals surface area contributed by atoms with Gasteiger partial charge in [0.25, 0.3) is 5.91 Å². The van der Waals surface area contributed by atoms with Crippen molar-refractivity contribution in [3.8, 4) is 5.75 Å². The van der Waals surface area contributed by atoms with Crippen molar-refractivity contribution in [2.24, 2.45) is 0 Å². The highest BCUT2D eigenvalue weighted by Gasteiger charge is 2.24. The molecule has 6 heteroatoms. The van der Waals surface area contributed by atoms with Crippen LogP contribution in [0.25, 0.3) is 0 Å². The van der Waals surface area contributed by atoms with Crippen LogP contribution in [0.1, 0.15) is 6.92 Å². The number of halogens is 1. The number of rotatable bonds is 6. The number of carbonyl (C=O) groups is 1. The van der Waals surface area contributed by atoms with E-state index in [1.54, 1.807) is 0 Å². The number of piperazine rings is 1. The zero-order chi connectivity index (χ0) is 18.4. The number of benzene rings is 2. The van der Waals surface area contributed by atoms with Crippen molar-refractivity contribution in [2.45, 2.75) is 6.92 Å². The van der Waals surface area contributed by atoms with Crippen LogP contribution in [0.2, 0.25) is 0 Å². The number of nitrogens with zero attached hydrogens (tertiary/aromatic N) is 1. The largest absolute Gasteiger partial charge is 0.492 e. The Bertz CT molecular complexity index is 728. The highest BCUT2D eigenvalue weighted by Crippen LogP contribution is 2.27. The molecular formula is C20H25IN3O2+. The van der Waals surface area contributed by atoms with Gasteiger partial charge in [-0.15, -0.1) is 0 Å². The van der Waals surface area contributed by atoms with E-state index in [1.165, 1.54) is 4.90 Å². The highest BCUT2D eigenvalue weighted by atomic mass is 127. The third-order valence-corrected chi connectivity index (χ3v) is 5.23. The van der Waals surface area contributed by atoms with E-state index in [0.29, 0.717) is 13.2 Å². The van der Waals surface area contributed by atoms with Crippen molar-refractivity contribution in [2.75, 3.05) is 49.5 Å². The molecule has 1 amide bonds. The lowest BCUT2D eigenvalue weighted by Crippen LogP contribution is -3.15. The van der Waals surface area contributed by atoms with Gasteiger partial charge in [-0.25, -0.2) is 0 Å². The number of ether oxygens (including phenoxy) is 1. The van der Waals surface area contributed by atoms with Crippen molar-refractivity contribution in [3.05, 3.63) is 52.1 Å². The van der Waals surface area contributed by atoms with Crippen molar-refractivity contribution >= 4 is 39.9 Å². The molecular weight excluding hydrogens is 441 g/mol. The van der Waals surface area contributed by atoms with Gasteiger partial charge in [0.15, 0.2) is 6.54 Å². The summed E-state index contributed by atoms with van der Waals surface area (Å²) < 4.78 is 6.90. The van der Waals surface area contributed by atoms with Crippen LogP contribution in [-0.4, -0.2) is 45.2 Å². The molecule has 1 aliphatic heterocycles. The second kappa shape index (κ2) is 9.23. The van der Waals surface area contributed by atoms with Crippen LogP contribution < -0.4 is 19.9 Å². The van der Waals surface area contributed by atoms with E-state index in [1.807, 2.05) is 49.4 Å². The minimum atomic E-state index is 0.0735. The zero-order valence-corrected chi connectivity index (χ0v) is 17.2. The average Bonchev–Trinajstić information content (AvgIpc) is 2.65. The Morgan fingerprint density at radius 1 is 1.15 bits per heavy atom. The zero-order valence-electron chi connectivity index (χ0n) is 15.0. The van der Waals surface area contributed by atoms with E-state index in [9.17, 15) is 4.79 Å². The Morgan fingerprint density at radius 2 is 1.85 bits per heavy atom. The van der Waals surface area contributed by atoms with E-state index >= 15 is 0 Å². The first-order valence-electron chi connectivity index (χ1n) is 9.01. The van der Waals surface area contributed by atoms with Crippen LogP contribution in [0, 0.1) is 3.57 Å². The van der Waals surface area contributed by atoms with Gasteiger partial charge in [0.05, 0.1) is 38.5 Å². The van der Waals surface area contributed by atoms with Gasteiger partial charge in [-0.05, 0) is 65.9 Å². The Morgan fingerprint density at radius 3 is 2.54 bits per heavy atom. The van der Waals surface area contributed by atoms with E-state index in [2.05, 4.69) is 38.9 Å². The maximum Gasteiger partial charge on any atom is 0.279 e. The lowest BCUT2D eigenvalue weighted by Gasteiger charge is -2.34. The molecule has 138 valence electrons. The number of hydrogen-bond donors (Lipinski definition) is 2. The fraction of sp³-hybridized carbons (Fsp3) is 0.350. The summed E-state index contributed by atoms with van der Waals surface area (Å²) in [7, 11) is 0. The summed E-state index contributed by atoms with van der Waals surface area (Å²) in [5, 5.41) is 2.99. The second-order valence-electron chi connectivity index (χ2n) is 6.37. The summed E-state index contributed by atoms with van der Waals surface area (Å²) in [6.45, 7) is 6.92. The molecule has 0 aliphatic carbocycles. The minimum Gasteiger partial charge on any atom is -0.492 e. The van der Waals surface area contributed by atoms with Crippen LogP contribution in [0.3, 0.4) is 0 Å². The fourth-order valence-electron chi connectivity index (χ4n) is 3.20. The summed E-state index contributed by atoms with van der Waals surface area (Å²) in [6.07, 6.45) is 0. The molecule has 0 radical (unpaired) electrons. The summed E-state index contributed by atoms with van der Waals surface area (Å²) in [5.74, 6) is 1.01. The molecule has 1 fully saturated rings. The van der Waals surface area contributed by atoms with Crippen LogP contribution in [-0.2, 0) is 4.79 Å². The van der Waals surface area contributed by atoms with Crippen molar-refractivity contribution < 1.29 is 14.4 Å². The Hall–Kier alpha value is -1.80. The molecule has 0 bridgehead atoms. The Labute approximate surface area is 168 Å². The maximum atomic E-state index is 12.3. The van der Waals surface area contributed by atoms with Gasteiger partial charge in [0.1, 0.15) is 5.75 Å². The quantitative estimate of drug-likeness (QED) is 0.641. The van der Waals surface area contributed by atoms with Crippen LogP contribution >= 0.6 is 22.6 Å². The summed E-state index contributed by atoms with van der Waals surface area (Å²) in [5.41, 5.74) is 2.01. The first kappa shape index (κ1) is 19.0. The summed E-state index contributed by atoms with van der Waals surface area (Å²) in [4.78, 5) is 16.0. The van der Waals surface area contributed by atoms with Crippen LogP contribution in [0.5, 0.6) is 5.75 Å². The highest BCUT2D eigenvalue weighted by molar-refractivity contribution is 14.1. The predicted octanol–water partition coefficient (Wildman–Crippen LogP) is 2.03. The lowest BCUT2D eigenvalue weighted by molar-refractivity contribution is -0.892. The SMILES string of the molecule is CCOc1ccccc1N1CC[NH+](CC(=O)Nc2ccc(I)cc2)CC1. The maximum absolute atomic E-state index is 12.3. The van der Waals surface area contributed by atoms with E-state index in [4.69, 9.17) is 4.74 Å². The molecule has 0 aromatic heterocycles. The van der Waals surface area contributed by atoms with Gasteiger partial charge in [0.2, 0.25) is 0 Å². The van der Waals surface area contributed by atoms with E-state index in [-0.39, 0.29) is 5.91 Å². The first-order valence-corrected chi connectivity index (χ1v) is 10.1. The molecule has 0 saturated carbocycles. The van der Waals surface area contributed by atoms with E-state index < -0.39 is 0 Å². The molecule has 1 saturated heterocycles. The van der Waals surface area contributed by atoms with Crippen molar-refractivity contribution in [1.29, 1.82) is 0 Å². The second-order valence-corrected chi connectivity index (χ2v) is 7.62. The standard InChI is InChI=1S/C20H24IN3O2/c1-2-26-19-6-4-3-5-18(19)24-13-11-23(12-14-24)15-20(25)22-17-9-7-16(21)8-10-17/h3-10H,2,11-15H2,1H3,(H,22,25)/p+1. The smallest absolute Gasteiger partial charge is 0.279 e. The molecule has 2 N–H and O–H groups in total. The van der Waals surface area contributed by atoms with Crippen LogP contribution in [0.4, 0.5) is 11.4 Å². The third-order valence-electron chi connectivity index (χ3n) is 4.51. The molecule has 0 unspecified atom stereocenters. The van der Waals surface area contributed by atoms with Gasteiger partial charge in [-0.2, -0.15) is 0 Å². The number of amides is 1. The summed E-state index contributed by atoms with van der Waals surface area (Å²) >= 11 is 2.26. The number of hydrogen-bond acceptors (Lipinski definition) is 3.